The molecule has 0 aromatic carbocycles. The number of fused-ring (bicyclic) bond motifs is 1. The van der Waals surface area contributed by atoms with Gasteiger partial charge in [0.05, 0.1) is 23.4 Å². The Labute approximate surface area is 94.9 Å². The van der Waals surface area contributed by atoms with Gasteiger partial charge in [0.2, 0.25) is 0 Å². The lowest BCUT2D eigenvalue weighted by Gasteiger charge is -2.19. The molecule has 3 nitrogen and oxygen atoms in total. The predicted octanol–water partition coefficient (Wildman–Crippen LogP) is 1.93. The maximum absolute atomic E-state index is 5.08. The topological polar surface area (TPSA) is 34.1 Å². The van der Waals surface area contributed by atoms with Gasteiger partial charge in [-0.25, -0.2) is 4.98 Å². The highest BCUT2D eigenvalue weighted by Crippen LogP contribution is 2.33. The van der Waals surface area contributed by atoms with Gasteiger partial charge in [-0.1, -0.05) is 0 Å². The molecule has 0 radical (unpaired) electrons. The zero-order valence-corrected chi connectivity index (χ0v) is 10.2. The minimum Gasteiger partial charge on any atom is -0.384 e. The van der Waals surface area contributed by atoms with Crippen LogP contribution in [0.25, 0.3) is 0 Å². The zero-order chi connectivity index (χ0) is 10.7. The smallest absolute Gasteiger partial charge is 0.0954 e. The molecule has 1 unspecified atom stereocenters. The van der Waals surface area contributed by atoms with E-state index in [2.05, 4.69) is 5.32 Å². The SMILES string of the molecule is CNC1CCCc2sc(CCOC)nc21. The highest BCUT2D eigenvalue weighted by atomic mass is 32.1. The van der Waals surface area contributed by atoms with Crippen molar-refractivity contribution in [2.24, 2.45) is 0 Å². The Bertz CT molecular complexity index is 324. The molecule has 1 aromatic rings. The normalized spacial score (nSPS) is 20.3. The third kappa shape index (κ3) is 2.38. The Kier molecular flexibility index (Phi) is 3.72. The molecule has 0 saturated carbocycles. The summed E-state index contributed by atoms with van der Waals surface area (Å²) in [4.78, 5) is 6.20. The van der Waals surface area contributed by atoms with E-state index in [0.717, 1.165) is 13.0 Å². The van der Waals surface area contributed by atoms with Gasteiger partial charge in [-0.3, -0.25) is 0 Å². The first kappa shape index (κ1) is 11.0. The molecule has 1 heterocycles. The van der Waals surface area contributed by atoms with Gasteiger partial charge >= 0.3 is 0 Å². The van der Waals surface area contributed by atoms with Crippen LogP contribution in [0, 0.1) is 0 Å². The second-order valence-corrected chi connectivity index (χ2v) is 5.06. The Hall–Kier alpha value is -0.450. The van der Waals surface area contributed by atoms with Crippen molar-refractivity contribution in [3.63, 3.8) is 0 Å². The molecule has 1 aliphatic rings. The molecule has 4 heteroatoms. The number of aromatic nitrogens is 1. The van der Waals surface area contributed by atoms with E-state index in [1.807, 2.05) is 18.4 Å². The van der Waals surface area contributed by atoms with Gasteiger partial charge in [-0.2, -0.15) is 0 Å². The first-order valence-corrected chi connectivity index (χ1v) is 6.31. The lowest BCUT2D eigenvalue weighted by atomic mass is 9.98. The third-order valence-electron chi connectivity index (χ3n) is 2.87. The molecule has 0 saturated heterocycles. The standard InChI is InChI=1S/C11H18N2OS/c1-12-8-4-3-5-9-11(8)13-10(15-9)6-7-14-2/h8,12H,3-7H2,1-2H3. The first-order valence-electron chi connectivity index (χ1n) is 5.50. The summed E-state index contributed by atoms with van der Waals surface area (Å²) in [6.45, 7) is 0.774. The lowest BCUT2D eigenvalue weighted by Crippen LogP contribution is -2.21. The number of hydrogen-bond donors (Lipinski definition) is 1. The number of thiazole rings is 1. The van der Waals surface area contributed by atoms with Crippen molar-refractivity contribution in [3.8, 4) is 0 Å². The van der Waals surface area contributed by atoms with E-state index in [-0.39, 0.29) is 0 Å². The van der Waals surface area contributed by atoms with Gasteiger partial charge < -0.3 is 10.1 Å². The van der Waals surface area contributed by atoms with Crippen molar-refractivity contribution in [2.75, 3.05) is 20.8 Å². The highest BCUT2D eigenvalue weighted by molar-refractivity contribution is 7.11. The number of hydrogen-bond acceptors (Lipinski definition) is 4. The van der Waals surface area contributed by atoms with Crippen LogP contribution in [0.5, 0.6) is 0 Å². The fourth-order valence-electron chi connectivity index (χ4n) is 2.05. The summed E-state index contributed by atoms with van der Waals surface area (Å²) in [6, 6.07) is 0.473. The van der Waals surface area contributed by atoms with E-state index >= 15 is 0 Å². The van der Waals surface area contributed by atoms with Gasteiger partial charge in [0, 0.05) is 18.4 Å². The maximum Gasteiger partial charge on any atom is 0.0954 e. The summed E-state index contributed by atoms with van der Waals surface area (Å²) in [5.41, 5.74) is 1.29. The molecular formula is C11H18N2OS. The van der Waals surface area contributed by atoms with Crippen LogP contribution in [0.2, 0.25) is 0 Å². The van der Waals surface area contributed by atoms with Crippen molar-refractivity contribution in [1.29, 1.82) is 0 Å². The largest absolute Gasteiger partial charge is 0.384 e. The van der Waals surface area contributed by atoms with E-state index in [1.165, 1.54) is 34.8 Å². The Balaban J connectivity index is 2.14. The number of nitrogens with one attached hydrogen (secondary N) is 1. The van der Waals surface area contributed by atoms with Crippen LogP contribution in [0.3, 0.4) is 0 Å². The molecule has 15 heavy (non-hydrogen) atoms. The summed E-state index contributed by atoms with van der Waals surface area (Å²) in [7, 11) is 3.76. The van der Waals surface area contributed by atoms with Crippen molar-refractivity contribution < 1.29 is 4.74 Å². The fraction of sp³-hybridized carbons (Fsp3) is 0.727. The number of rotatable bonds is 4. The van der Waals surface area contributed by atoms with Gasteiger partial charge in [0.1, 0.15) is 0 Å². The molecule has 0 spiro atoms. The summed E-state index contributed by atoms with van der Waals surface area (Å²) in [5.74, 6) is 0. The zero-order valence-electron chi connectivity index (χ0n) is 9.38. The maximum atomic E-state index is 5.08. The highest BCUT2D eigenvalue weighted by Gasteiger charge is 2.22. The third-order valence-corrected chi connectivity index (χ3v) is 4.06. The van der Waals surface area contributed by atoms with E-state index < -0.39 is 0 Å². The molecule has 1 atom stereocenters. The molecule has 0 aliphatic heterocycles. The van der Waals surface area contributed by atoms with Crippen LogP contribution in [-0.4, -0.2) is 25.7 Å². The van der Waals surface area contributed by atoms with E-state index in [9.17, 15) is 0 Å². The molecule has 84 valence electrons. The van der Waals surface area contributed by atoms with E-state index in [4.69, 9.17) is 9.72 Å². The Morgan fingerprint density at radius 2 is 2.47 bits per heavy atom. The van der Waals surface area contributed by atoms with E-state index in [1.54, 1.807) is 7.11 Å². The number of aryl methyl sites for hydroxylation is 1. The minimum absolute atomic E-state index is 0.473. The minimum atomic E-state index is 0.473. The van der Waals surface area contributed by atoms with Crippen LogP contribution in [0.15, 0.2) is 0 Å². The summed E-state index contributed by atoms with van der Waals surface area (Å²) < 4.78 is 5.08. The predicted molar refractivity (Wildman–Crippen MR) is 62.4 cm³/mol. The molecule has 0 amide bonds. The van der Waals surface area contributed by atoms with Crippen LogP contribution in [-0.2, 0) is 17.6 Å². The molecule has 1 aliphatic carbocycles. The van der Waals surface area contributed by atoms with Crippen LogP contribution >= 0.6 is 11.3 Å². The average Bonchev–Trinajstić information content (AvgIpc) is 2.68. The molecular weight excluding hydrogens is 208 g/mol. The summed E-state index contributed by atoms with van der Waals surface area (Å²) in [5, 5.41) is 4.57. The number of ether oxygens (including phenoxy) is 1. The van der Waals surface area contributed by atoms with Crippen molar-refractivity contribution in [2.45, 2.75) is 31.7 Å². The van der Waals surface area contributed by atoms with Crippen LogP contribution in [0.4, 0.5) is 0 Å². The monoisotopic (exact) mass is 226 g/mol. The Morgan fingerprint density at radius 3 is 3.20 bits per heavy atom. The molecule has 2 rings (SSSR count). The van der Waals surface area contributed by atoms with Crippen molar-refractivity contribution in [1.82, 2.24) is 10.3 Å². The van der Waals surface area contributed by atoms with Gasteiger partial charge in [-0.05, 0) is 26.3 Å². The molecule has 0 bridgehead atoms. The van der Waals surface area contributed by atoms with E-state index in [0.29, 0.717) is 6.04 Å². The molecule has 0 fully saturated rings. The van der Waals surface area contributed by atoms with Crippen LogP contribution < -0.4 is 5.32 Å². The first-order chi connectivity index (χ1) is 7.35. The van der Waals surface area contributed by atoms with Crippen LogP contribution in [0.1, 0.15) is 34.5 Å². The molecule has 1 N–H and O–H groups in total. The van der Waals surface area contributed by atoms with Gasteiger partial charge in [-0.15, -0.1) is 11.3 Å². The average molecular weight is 226 g/mol. The summed E-state index contributed by atoms with van der Waals surface area (Å²) >= 11 is 1.86. The molecule has 1 aromatic heterocycles. The van der Waals surface area contributed by atoms with Crippen molar-refractivity contribution in [3.05, 3.63) is 15.6 Å². The van der Waals surface area contributed by atoms with Gasteiger partial charge in [0.25, 0.3) is 0 Å². The number of nitrogens with zero attached hydrogens (tertiary/aromatic N) is 1. The van der Waals surface area contributed by atoms with Gasteiger partial charge in [0.15, 0.2) is 0 Å². The summed E-state index contributed by atoms with van der Waals surface area (Å²) in [6.07, 6.45) is 4.66. The quantitative estimate of drug-likeness (QED) is 0.852. The number of methoxy groups -OCH3 is 1. The second-order valence-electron chi connectivity index (χ2n) is 3.89. The second kappa shape index (κ2) is 5.05. The van der Waals surface area contributed by atoms with Crippen molar-refractivity contribution >= 4 is 11.3 Å². The Morgan fingerprint density at radius 1 is 1.60 bits per heavy atom. The fourth-order valence-corrected chi connectivity index (χ4v) is 3.20. The lowest BCUT2D eigenvalue weighted by molar-refractivity contribution is 0.202.